The second-order valence-corrected chi connectivity index (χ2v) is 6.89. The number of benzene rings is 1. The highest BCUT2D eigenvalue weighted by atomic mass is 15.3. The molecule has 2 saturated heterocycles. The maximum absolute atomic E-state index is 4.51. The molecule has 122 valence electrons. The number of likely N-dealkylation sites (tertiary alicyclic amines) is 1. The highest BCUT2D eigenvalue weighted by molar-refractivity contribution is 5.32. The number of nitrogens with one attached hydrogen (secondary N) is 1. The topological polar surface area (TPSA) is 33.1 Å². The van der Waals surface area contributed by atoms with Crippen molar-refractivity contribution in [1.29, 1.82) is 0 Å². The number of rotatable bonds is 4. The van der Waals surface area contributed by atoms with Crippen molar-refractivity contribution >= 4 is 0 Å². The van der Waals surface area contributed by atoms with Crippen molar-refractivity contribution in [2.24, 2.45) is 5.92 Å². The fourth-order valence-electron chi connectivity index (χ4n) is 4.11. The van der Waals surface area contributed by atoms with Crippen LogP contribution in [0.3, 0.4) is 0 Å². The number of nitrogens with zero attached hydrogens (tertiary/aromatic N) is 3. The van der Waals surface area contributed by atoms with Gasteiger partial charge in [0.25, 0.3) is 0 Å². The van der Waals surface area contributed by atoms with Gasteiger partial charge in [-0.1, -0.05) is 18.2 Å². The minimum absolute atomic E-state index is 0.784. The van der Waals surface area contributed by atoms with E-state index in [2.05, 4.69) is 56.4 Å². The predicted octanol–water partition coefficient (Wildman–Crippen LogP) is 2.84. The highest BCUT2D eigenvalue weighted by Crippen LogP contribution is 2.26. The van der Waals surface area contributed by atoms with Crippen LogP contribution in [0.1, 0.15) is 31.4 Å². The summed E-state index contributed by atoms with van der Waals surface area (Å²) in [6.07, 6.45) is 7.32. The van der Waals surface area contributed by atoms with Crippen molar-refractivity contribution in [3.05, 3.63) is 48.3 Å². The molecule has 2 aliphatic rings. The Hall–Kier alpha value is -1.65. The molecule has 0 aliphatic carbocycles. The van der Waals surface area contributed by atoms with Crippen molar-refractivity contribution in [1.82, 2.24) is 20.0 Å². The first-order chi connectivity index (χ1) is 11.4. The van der Waals surface area contributed by atoms with Crippen LogP contribution in [0.15, 0.2) is 42.6 Å². The minimum Gasteiger partial charge on any atom is -0.314 e. The molecule has 1 aromatic heterocycles. The molecule has 4 rings (SSSR count). The Morgan fingerprint density at radius 2 is 1.87 bits per heavy atom. The van der Waals surface area contributed by atoms with E-state index in [1.807, 2.05) is 6.20 Å². The molecular weight excluding hydrogens is 284 g/mol. The lowest BCUT2D eigenvalue weighted by molar-refractivity contribution is 0.155. The van der Waals surface area contributed by atoms with Gasteiger partial charge in [-0.2, -0.15) is 5.10 Å². The van der Waals surface area contributed by atoms with E-state index < -0.39 is 0 Å². The van der Waals surface area contributed by atoms with E-state index in [0.29, 0.717) is 0 Å². The number of hydrogen-bond acceptors (Lipinski definition) is 3. The Balaban J connectivity index is 1.38. The zero-order valence-electron chi connectivity index (χ0n) is 13.7. The third-order valence-electron chi connectivity index (χ3n) is 5.41. The van der Waals surface area contributed by atoms with Gasteiger partial charge in [0.1, 0.15) is 0 Å². The van der Waals surface area contributed by atoms with Gasteiger partial charge in [0.05, 0.1) is 11.4 Å². The zero-order chi connectivity index (χ0) is 15.5. The second kappa shape index (κ2) is 6.85. The standard InChI is InChI=1S/C19H26N4/c1-2-5-17(6-3-1)23-18(8-12-21-23)15-22-13-9-16(10-14-22)19-7-4-11-20-19/h1-3,5-6,8,12,16,19-20H,4,7,9-11,13-15H2. The van der Waals surface area contributed by atoms with Crippen LogP contribution >= 0.6 is 0 Å². The fraction of sp³-hybridized carbons (Fsp3) is 0.526. The van der Waals surface area contributed by atoms with Crippen LogP contribution in [-0.4, -0.2) is 40.4 Å². The summed E-state index contributed by atoms with van der Waals surface area (Å²) in [5.41, 5.74) is 2.44. The Bertz CT molecular complexity index is 607. The van der Waals surface area contributed by atoms with Gasteiger partial charge < -0.3 is 5.32 Å². The summed E-state index contributed by atoms with van der Waals surface area (Å²) in [6.45, 7) is 4.65. The van der Waals surface area contributed by atoms with Crippen molar-refractivity contribution in [3.8, 4) is 5.69 Å². The van der Waals surface area contributed by atoms with Gasteiger partial charge in [-0.15, -0.1) is 0 Å². The average Bonchev–Trinajstić information content (AvgIpc) is 3.28. The van der Waals surface area contributed by atoms with E-state index in [9.17, 15) is 0 Å². The second-order valence-electron chi connectivity index (χ2n) is 6.89. The first-order valence-corrected chi connectivity index (χ1v) is 8.94. The molecule has 4 heteroatoms. The number of aromatic nitrogens is 2. The Morgan fingerprint density at radius 3 is 2.61 bits per heavy atom. The van der Waals surface area contributed by atoms with Crippen molar-refractivity contribution in [2.45, 2.75) is 38.3 Å². The van der Waals surface area contributed by atoms with Gasteiger partial charge in [-0.05, 0) is 69.4 Å². The summed E-state index contributed by atoms with van der Waals surface area (Å²) in [5.74, 6) is 0.882. The van der Waals surface area contributed by atoms with Crippen LogP contribution in [0.4, 0.5) is 0 Å². The summed E-state index contributed by atoms with van der Waals surface area (Å²) in [5, 5.41) is 8.19. The summed E-state index contributed by atoms with van der Waals surface area (Å²) in [6, 6.07) is 13.4. The lowest BCUT2D eigenvalue weighted by Crippen LogP contribution is -2.40. The van der Waals surface area contributed by atoms with E-state index in [0.717, 1.165) is 24.2 Å². The van der Waals surface area contributed by atoms with Crippen LogP contribution in [0.2, 0.25) is 0 Å². The van der Waals surface area contributed by atoms with Gasteiger partial charge in [-0.3, -0.25) is 4.90 Å². The van der Waals surface area contributed by atoms with Crippen LogP contribution in [0, 0.1) is 5.92 Å². The van der Waals surface area contributed by atoms with Crippen molar-refractivity contribution in [2.75, 3.05) is 19.6 Å². The third kappa shape index (κ3) is 3.33. The maximum Gasteiger partial charge on any atom is 0.0649 e. The van der Waals surface area contributed by atoms with E-state index in [-0.39, 0.29) is 0 Å². The summed E-state index contributed by atoms with van der Waals surface area (Å²) >= 11 is 0. The van der Waals surface area contributed by atoms with E-state index >= 15 is 0 Å². The maximum atomic E-state index is 4.51. The van der Waals surface area contributed by atoms with Crippen LogP contribution < -0.4 is 5.32 Å². The minimum atomic E-state index is 0.784. The van der Waals surface area contributed by atoms with Crippen molar-refractivity contribution in [3.63, 3.8) is 0 Å². The summed E-state index contributed by atoms with van der Waals surface area (Å²) in [7, 11) is 0. The molecule has 2 aromatic rings. The van der Waals surface area contributed by atoms with Gasteiger partial charge in [0.15, 0.2) is 0 Å². The first kappa shape index (κ1) is 14.9. The molecule has 1 atom stereocenters. The highest BCUT2D eigenvalue weighted by Gasteiger charge is 2.28. The fourth-order valence-corrected chi connectivity index (χ4v) is 4.11. The molecule has 2 aliphatic heterocycles. The quantitative estimate of drug-likeness (QED) is 0.942. The molecule has 2 fully saturated rings. The predicted molar refractivity (Wildman–Crippen MR) is 92.6 cm³/mol. The Kier molecular flexibility index (Phi) is 4.44. The summed E-state index contributed by atoms with van der Waals surface area (Å²) < 4.78 is 2.07. The zero-order valence-corrected chi connectivity index (χ0v) is 13.7. The van der Waals surface area contributed by atoms with Gasteiger partial charge in [0.2, 0.25) is 0 Å². The Morgan fingerprint density at radius 1 is 1.04 bits per heavy atom. The molecule has 1 unspecified atom stereocenters. The van der Waals surface area contributed by atoms with Crippen molar-refractivity contribution < 1.29 is 0 Å². The third-order valence-corrected chi connectivity index (χ3v) is 5.41. The molecule has 1 aromatic carbocycles. The normalized spacial score (nSPS) is 23.4. The molecule has 4 nitrogen and oxygen atoms in total. The largest absolute Gasteiger partial charge is 0.314 e. The van der Waals surface area contributed by atoms with Gasteiger partial charge >= 0.3 is 0 Å². The smallest absolute Gasteiger partial charge is 0.0649 e. The molecule has 3 heterocycles. The molecular formula is C19H26N4. The van der Waals surface area contributed by atoms with Crippen LogP contribution in [-0.2, 0) is 6.54 Å². The molecule has 0 radical (unpaired) electrons. The number of piperidine rings is 1. The van der Waals surface area contributed by atoms with E-state index in [4.69, 9.17) is 0 Å². The SMILES string of the molecule is c1ccc(-n2nccc2CN2CCC(C3CCCN3)CC2)cc1. The molecule has 0 spiro atoms. The number of para-hydroxylation sites is 1. The van der Waals surface area contributed by atoms with E-state index in [1.54, 1.807) is 0 Å². The monoisotopic (exact) mass is 310 g/mol. The lowest BCUT2D eigenvalue weighted by Gasteiger charge is -2.34. The first-order valence-electron chi connectivity index (χ1n) is 8.94. The number of hydrogen-bond donors (Lipinski definition) is 1. The van der Waals surface area contributed by atoms with Crippen LogP contribution in [0.25, 0.3) is 5.69 Å². The van der Waals surface area contributed by atoms with E-state index in [1.165, 1.54) is 51.0 Å². The molecule has 0 bridgehead atoms. The van der Waals surface area contributed by atoms with Gasteiger partial charge in [0, 0.05) is 18.8 Å². The molecule has 23 heavy (non-hydrogen) atoms. The molecule has 1 N–H and O–H groups in total. The summed E-state index contributed by atoms with van der Waals surface area (Å²) in [4.78, 5) is 2.59. The Labute approximate surface area is 138 Å². The molecule has 0 amide bonds. The van der Waals surface area contributed by atoms with Crippen LogP contribution in [0.5, 0.6) is 0 Å². The lowest BCUT2D eigenvalue weighted by atomic mass is 9.88. The molecule has 0 saturated carbocycles. The average molecular weight is 310 g/mol. The van der Waals surface area contributed by atoms with Gasteiger partial charge in [-0.25, -0.2) is 4.68 Å².